The number of aliphatic hydroxyl groups excluding tert-OH is 1. The Morgan fingerprint density at radius 1 is 1.21 bits per heavy atom. The molecule has 2 aliphatic heterocycles. The zero-order valence-corrected chi connectivity index (χ0v) is 14.3. The summed E-state index contributed by atoms with van der Waals surface area (Å²) in [5.41, 5.74) is 0. The molecule has 7 nitrogen and oxygen atoms in total. The van der Waals surface area contributed by atoms with Crippen LogP contribution in [0, 0.1) is 0 Å². The first-order valence-corrected chi connectivity index (χ1v) is 9.86. The van der Waals surface area contributed by atoms with E-state index >= 15 is 0 Å². The minimum Gasteiger partial charge on any atom is -0.389 e. The van der Waals surface area contributed by atoms with Crippen molar-refractivity contribution in [3.8, 4) is 0 Å². The Morgan fingerprint density at radius 3 is 2.62 bits per heavy atom. The molecule has 4 N–H and O–H groups in total. The summed E-state index contributed by atoms with van der Waals surface area (Å²) in [4.78, 5) is 0.210. The number of aliphatic hydroxyl groups is 1. The summed E-state index contributed by atoms with van der Waals surface area (Å²) >= 11 is 0. The maximum Gasteiger partial charge on any atom is 0.240 e. The summed E-state index contributed by atoms with van der Waals surface area (Å²) in [6.45, 7) is 2.40. The van der Waals surface area contributed by atoms with E-state index in [1.54, 1.807) is 18.2 Å². The van der Waals surface area contributed by atoms with Crippen LogP contribution in [0.3, 0.4) is 0 Å². The van der Waals surface area contributed by atoms with Gasteiger partial charge in [-0.1, -0.05) is 18.2 Å². The summed E-state index contributed by atoms with van der Waals surface area (Å²) in [5.74, 6) is 0. The molecule has 3 atom stereocenters. The third kappa shape index (κ3) is 4.33. The standard InChI is InChI=1S/C16H25N3O4S/c20-16-14(19-12-6-8-17-9-7-12)11-23-15(16)10-18-24(21,22)13-4-2-1-3-5-13/h1-5,12,14-20H,6-11H2. The van der Waals surface area contributed by atoms with E-state index in [1.807, 2.05) is 0 Å². The second kappa shape index (κ2) is 7.90. The van der Waals surface area contributed by atoms with Gasteiger partial charge in [-0.15, -0.1) is 0 Å². The monoisotopic (exact) mass is 355 g/mol. The number of sulfonamides is 1. The molecule has 2 heterocycles. The normalized spacial score (nSPS) is 29.0. The Kier molecular flexibility index (Phi) is 5.85. The van der Waals surface area contributed by atoms with Crippen LogP contribution < -0.4 is 15.4 Å². The quantitative estimate of drug-likeness (QED) is 0.546. The molecule has 0 amide bonds. The predicted molar refractivity (Wildman–Crippen MR) is 90.2 cm³/mol. The Bertz CT molecular complexity index is 619. The van der Waals surface area contributed by atoms with E-state index in [0.29, 0.717) is 12.6 Å². The topological polar surface area (TPSA) is 99.7 Å². The fraction of sp³-hybridized carbons (Fsp3) is 0.625. The molecule has 1 aromatic rings. The minimum atomic E-state index is -3.59. The van der Waals surface area contributed by atoms with Crippen LogP contribution in [0.4, 0.5) is 0 Å². The molecule has 0 radical (unpaired) electrons. The first kappa shape index (κ1) is 17.8. The van der Waals surface area contributed by atoms with Gasteiger partial charge in [-0.05, 0) is 38.1 Å². The van der Waals surface area contributed by atoms with Gasteiger partial charge in [-0.2, -0.15) is 0 Å². The van der Waals surface area contributed by atoms with Gasteiger partial charge < -0.3 is 20.5 Å². The molecule has 8 heteroatoms. The highest BCUT2D eigenvalue weighted by atomic mass is 32.2. The van der Waals surface area contributed by atoms with Crippen LogP contribution in [-0.2, 0) is 14.8 Å². The number of hydrogen-bond donors (Lipinski definition) is 4. The lowest BCUT2D eigenvalue weighted by Crippen LogP contribution is -2.50. The summed E-state index contributed by atoms with van der Waals surface area (Å²) < 4.78 is 32.6. The number of hydrogen-bond acceptors (Lipinski definition) is 6. The molecule has 0 spiro atoms. The predicted octanol–water partition coefficient (Wildman–Crippen LogP) is -0.565. The average molecular weight is 355 g/mol. The van der Waals surface area contributed by atoms with Crippen molar-refractivity contribution < 1.29 is 18.3 Å². The van der Waals surface area contributed by atoms with Gasteiger partial charge in [0.25, 0.3) is 0 Å². The zero-order valence-electron chi connectivity index (χ0n) is 13.5. The van der Waals surface area contributed by atoms with Crippen LogP contribution in [0.5, 0.6) is 0 Å². The Morgan fingerprint density at radius 2 is 1.92 bits per heavy atom. The van der Waals surface area contributed by atoms with Crippen molar-refractivity contribution in [1.82, 2.24) is 15.4 Å². The summed E-state index contributed by atoms with van der Waals surface area (Å²) in [6, 6.07) is 8.41. The maximum absolute atomic E-state index is 12.2. The van der Waals surface area contributed by atoms with Crippen LogP contribution in [-0.4, -0.2) is 64.1 Å². The fourth-order valence-electron chi connectivity index (χ4n) is 3.18. The van der Waals surface area contributed by atoms with Crippen LogP contribution in [0.25, 0.3) is 0 Å². The van der Waals surface area contributed by atoms with Gasteiger partial charge in [0.1, 0.15) is 0 Å². The van der Waals surface area contributed by atoms with E-state index in [1.165, 1.54) is 12.1 Å². The summed E-state index contributed by atoms with van der Waals surface area (Å²) in [5, 5.41) is 17.1. The second-order valence-electron chi connectivity index (χ2n) is 6.32. The van der Waals surface area contributed by atoms with Crippen LogP contribution in [0.2, 0.25) is 0 Å². The lowest BCUT2D eigenvalue weighted by molar-refractivity contribution is 0.0439. The summed E-state index contributed by atoms with van der Waals surface area (Å²) in [6.07, 6.45) is 0.782. The number of ether oxygens (including phenoxy) is 1. The van der Waals surface area contributed by atoms with Gasteiger partial charge >= 0.3 is 0 Å². The highest BCUT2D eigenvalue weighted by Crippen LogP contribution is 2.17. The van der Waals surface area contributed by atoms with Crippen molar-refractivity contribution in [3.05, 3.63) is 30.3 Å². The van der Waals surface area contributed by atoms with Gasteiger partial charge in [0.15, 0.2) is 0 Å². The Labute approximate surface area is 142 Å². The molecule has 0 aromatic heterocycles. The zero-order chi connectivity index (χ0) is 17.0. The number of nitrogens with one attached hydrogen (secondary N) is 3. The molecule has 2 saturated heterocycles. The number of benzene rings is 1. The average Bonchev–Trinajstić information content (AvgIpc) is 2.95. The van der Waals surface area contributed by atoms with Crippen LogP contribution >= 0.6 is 0 Å². The molecule has 24 heavy (non-hydrogen) atoms. The molecule has 1 aromatic carbocycles. The molecule has 0 bridgehead atoms. The van der Waals surface area contributed by atoms with E-state index in [4.69, 9.17) is 4.74 Å². The fourth-order valence-corrected chi connectivity index (χ4v) is 4.24. The van der Waals surface area contributed by atoms with Crippen molar-refractivity contribution in [1.29, 1.82) is 0 Å². The molecule has 134 valence electrons. The highest BCUT2D eigenvalue weighted by Gasteiger charge is 2.37. The first-order valence-electron chi connectivity index (χ1n) is 8.37. The Hall–Kier alpha value is -1.03. The van der Waals surface area contributed by atoms with E-state index in [2.05, 4.69) is 15.4 Å². The van der Waals surface area contributed by atoms with Crippen molar-refractivity contribution >= 4 is 10.0 Å². The van der Waals surface area contributed by atoms with Crippen molar-refractivity contribution in [2.75, 3.05) is 26.2 Å². The van der Waals surface area contributed by atoms with Crippen LogP contribution in [0.1, 0.15) is 12.8 Å². The van der Waals surface area contributed by atoms with E-state index in [0.717, 1.165) is 25.9 Å². The molecule has 2 fully saturated rings. The number of rotatable bonds is 6. The first-order chi connectivity index (χ1) is 11.6. The third-order valence-electron chi connectivity index (χ3n) is 4.60. The maximum atomic E-state index is 12.2. The molecule has 3 rings (SSSR count). The lowest BCUT2D eigenvalue weighted by atomic mass is 10.0. The summed E-state index contributed by atoms with van der Waals surface area (Å²) in [7, 11) is -3.59. The third-order valence-corrected chi connectivity index (χ3v) is 6.04. The van der Waals surface area contributed by atoms with Gasteiger partial charge in [-0.25, -0.2) is 13.1 Å². The van der Waals surface area contributed by atoms with E-state index < -0.39 is 22.2 Å². The van der Waals surface area contributed by atoms with Crippen molar-refractivity contribution in [2.24, 2.45) is 0 Å². The molecule has 2 aliphatic rings. The van der Waals surface area contributed by atoms with Crippen molar-refractivity contribution in [3.63, 3.8) is 0 Å². The van der Waals surface area contributed by atoms with Crippen LogP contribution in [0.15, 0.2) is 35.2 Å². The van der Waals surface area contributed by atoms with Gasteiger partial charge in [0.05, 0.1) is 29.8 Å². The molecule has 0 aliphatic carbocycles. The van der Waals surface area contributed by atoms with Gasteiger partial charge in [0.2, 0.25) is 10.0 Å². The van der Waals surface area contributed by atoms with E-state index in [9.17, 15) is 13.5 Å². The van der Waals surface area contributed by atoms with E-state index in [-0.39, 0.29) is 17.5 Å². The molecule has 0 saturated carbocycles. The van der Waals surface area contributed by atoms with Gasteiger partial charge in [0, 0.05) is 12.6 Å². The highest BCUT2D eigenvalue weighted by molar-refractivity contribution is 7.89. The largest absolute Gasteiger partial charge is 0.389 e. The molecule has 3 unspecified atom stereocenters. The number of piperidine rings is 1. The lowest BCUT2D eigenvalue weighted by Gasteiger charge is -2.28. The van der Waals surface area contributed by atoms with Gasteiger partial charge in [-0.3, -0.25) is 0 Å². The minimum absolute atomic E-state index is 0.0583. The Balaban J connectivity index is 1.51. The van der Waals surface area contributed by atoms with Crippen molar-refractivity contribution in [2.45, 2.75) is 42.0 Å². The molecular formula is C16H25N3O4S. The SMILES string of the molecule is O=S(=O)(NCC1OCC(NC2CCNCC2)C1O)c1ccccc1. The molecular weight excluding hydrogens is 330 g/mol. The smallest absolute Gasteiger partial charge is 0.240 e. The second-order valence-corrected chi connectivity index (χ2v) is 8.09.